The minimum Gasteiger partial charge on any atom is -0.216 e. The molecule has 0 N–H and O–H groups in total. The van der Waals surface area contributed by atoms with Crippen molar-refractivity contribution < 1.29 is 13.2 Å². The van der Waals surface area contributed by atoms with E-state index in [9.17, 15) is 13.2 Å². The first-order valence-electron chi connectivity index (χ1n) is 8.49. The fourth-order valence-corrected chi connectivity index (χ4v) is 3.52. The molecule has 5 rings (SSSR count). The lowest BCUT2D eigenvalue weighted by Crippen LogP contribution is -2.12. The highest BCUT2D eigenvalue weighted by Crippen LogP contribution is 2.41. The molecule has 3 heterocycles. The van der Waals surface area contributed by atoms with Gasteiger partial charge in [0, 0.05) is 5.92 Å². The van der Waals surface area contributed by atoms with E-state index < -0.39 is 12.0 Å². The highest BCUT2D eigenvalue weighted by Gasteiger charge is 2.37. The van der Waals surface area contributed by atoms with Crippen molar-refractivity contribution in [1.29, 1.82) is 0 Å². The number of nitrogens with zero attached hydrogens (tertiary/aromatic N) is 7. The van der Waals surface area contributed by atoms with E-state index in [0.29, 0.717) is 20.6 Å². The Labute approximate surface area is 160 Å². The molecule has 1 aliphatic carbocycles. The van der Waals surface area contributed by atoms with Crippen LogP contribution in [0.25, 0.3) is 11.3 Å². The number of hydrogen-bond donors (Lipinski definition) is 0. The molecule has 1 saturated carbocycles. The van der Waals surface area contributed by atoms with Crippen LogP contribution in [0.4, 0.5) is 13.2 Å². The maximum absolute atomic E-state index is 13.1. The Morgan fingerprint density at radius 1 is 0.964 bits per heavy atom. The van der Waals surface area contributed by atoms with Crippen molar-refractivity contribution in [2.24, 2.45) is 0 Å². The molecule has 3 aromatic heterocycles. The van der Waals surface area contributed by atoms with E-state index in [1.165, 1.54) is 6.07 Å². The maximum atomic E-state index is 13.1. The number of alkyl halides is 3. The lowest BCUT2D eigenvalue weighted by Gasteiger charge is -2.04. The van der Waals surface area contributed by atoms with Crippen molar-refractivity contribution in [1.82, 2.24) is 34.6 Å². The van der Waals surface area contributed by atoms with Gasteiger partial charge in [0.05, 0.1) is 5.69 Å². The molecule has 0 atom stereocenters. The smallest absolute Gasteiger partial charge is 0.216 e. The van der Waals surface area contributed by atoms with Crippen LogP contribution in [0.5, 0.6) is 0 Å². The number of hydrogen-bond acceptors (Lipinski definition) is 6. The van der Waals surface area contributed by atoms with Gasteiger partial charge in [-0.2, -0.15) is 22.8 Å². The molecule has 0 bridgehead atoms. The second-order valence-electron chi connectivity index (χ2n) is 6.34. The van der Waals surface area contributed by atoms with Crippen molar-refractivity contribution in [3.8, 4) is 5.69 Å². The zero-order chi connectivity index (χ0) is 19.3. The van der Waals surface area contributed by atoms with Gasteiger partial charge in [0.25, 0.3) is 5.82 Å². The molecule has 28 heavy (non-hydrogen) atoms. The third-order valence-electron chi connectivity index (χ3n) is 4.24. The molecule has 11 heteroatoms. The minimum absolute atomic E-state index is 0.0260. The van der Waals surface area contributed by atoms with E-state index in [0.717, 1.165) is 36.1 Å². The summed E-state index contributed by atoms with van der Waals surface area (Å²) in [6.07, 6.45) is -2.53. The third-order valence-corrected chi connectivity index (χ3v) is 5.03. The van der Waals surface area contributed by atoms with Gasteiger partial charge in [-0.1, -0.05) is 18.2 Å². The first-order valence-corrected chi connectivity index (χ1v) is 9.30. The molecule has 7 nitrogen and oxygen atoms in total. The summed E-state index contributed by atoms with van der Waals surface area (Å²) >= 11 is 1.10. The molecule has 0 saturated heterocycles. The van der Waals surface area contributed by atoms with E-state index in [1.807, 2.05) is 30.3 Å². The number of rotatable bonds is 4. The standard InChI is InChI=1S/C17H12F3N7S/c18-17(19,20)15-23-22-12-8-9-13(24-27(12)15)28-16-21-14(10-6-7-10)26(25-16)11-4-2-1-3-5-11/h1-5,8-10H,6-7H2. The minimum atomic E-state index is -4.64. The number of para-hydroxylation sites is 1. The molecule has 0 radical (unpaired) electrons. The second kappa shape index (κ2) is 6.30. The Morgan fingerprint density at radius 3 is 2.46 bits per heavy atom. The lowest BCUT2D eigenvalue weighted by molar-refractivity contribution is -0.146. The van der Waals surface area contributed by atoms with Gasteiger partial charge >= 0.3 is 6.18 Å². The molecule has 0 spiro atoms. The van der Waals surface area contributed by atoms with Crippen molar-refractivity contribution in [3.63, 3.8) is 0 Å². The SMILES string of the molecule is FC(F)(F)c1nnc2ccc(Sc3nc(C4CC4)n(-c4ccccc4)n3)nn12. The van der Waals surface area contributed by atoms with Crippen molar-refractivity contribution in [2.75, 3.05) is 0 Å². The Kier molecular flexibility index (Phi) is 3.86. The highest BCUT2D eigenvalue weighted by molar-refractivity contribution is 7.99. The summed E-state index contributed by atoms with van der Waals surface area (Å²) in [6, 6.07) is 12.6. The van der Waals surface area contributed by atoms with E-state index in [-0.39, 0.29) is 5.65 Å². The largest absolute Gasteiger partial charge is 0.453 e. The molecule has 1 aromatic carbocycles. The van der Waals surface area contributed by atoms with Crippen molar-refractivity contribution >= 4 is 17.4 Å². The van der Waals surface area contributed by atoms with Crippen LogP contribution >= 0.6 is 11.8 Å². The van der Waals surface area contributed by atoms with Gasteiger partial charge in [-0.3, -0.25) is 0 Å². The van der Waals surface area contributed by atoms with Gasteiger partial charge in [0.15, 0.2) is 5.65 Å². The first-order chi connectivity index (χ1) is 13.5. The molecular weight excluding hydrogens is 391 g/mol. The average Bonchev–Trinajstić information content (AvgIpc) is 3.29. The summed E-state index contributed by atoms with van der Waals surface area (Å²) in [5.41, 5.74) is 0.920. The zero-order valence-electron chi connectivity index (χ0n) is 14.2. The fourth-order valence-electron chi connectivity index (χ4n) is 2.81. The molecular formula is C17H12F3N7S. The van der Waals surface area contributed by atoms with Crippen LogP contribution in [-0.2, 0) is 6.18 Å². The summed E-state index contributed by atoms with van der Waals surface area (Å²) in [7, 11) is 0. The van der Waals surface area contributed by atoms with Gasteiger partial charge in [-0.15, -0.1) is 15.3 Å². The summed E-state index contributed by atoms with van der Waals surface area (Å²) in [5.74, 6) is 0.0497. The molecule has 142 valence electrons. The first kappa shape index (κ1) is 17.2. The monoisotopic (exact) mass is 403 g/mol. The summed E-state index contributed by atoms with van der Waals surface area (Å²) < 4.78 is 41.6. The van der Waals surface area contributed by atoms with Crippen molar-refractivity contribution in [2.45, 2.75) is 35.1 Å². The fraction of sp³-hybridized carbons (Fsp3) is 0.235. The maximum Gasteiger partial charge on any atom is 0.453 e. The topological polar surface area (TPSA) is 73.8 Å². The van der Waals surface area contributed by atoms with E-state index >= 15 is 0 Å². The quantitative estimate of drug-likeness (QED) is 0.517. The van der Waals surface area contributed by atoms with E-state index in [2.05, 4.69) is 25.4 Å². The van der Waals surface area contributed by atoms with E-state index in [4.69, 9.17) is 0 Å². The van der Waals surface area contributed by atoms with Crippen LogP contribution in [0.15, 0.2) is 52.6 Å². The molecule has 0 unspecified atom stereocenters. The van der Waals surface area contributed by atoms with Crippen LogP contribution in [-0.4, -0.2) is 34.6 Å². The zero-order valence-corrected chi connectivity index (χ0v) is 15.0. The van der Waals surface area contributed by atoms with Crippen LogP contribution in [0.2, 0.25) is 0 Å². The van der Waals surface area contributed by atoms with E-state index in [1.54, 1.807) is 10.7 Å². The van der Waals surface area contributed by atoms with Gasteiger partial charge in [-0.25, -0.2) is 9.67 Å². The number of benzene rings is 1. The van der Waals surface area contributed by atoms with Gasteiger partial charge in [-0.05, 0) is 48.9 Å². The second-order valence-corrected chi connectivity index (χ2v) is 7.33. The number of halogens is 3. The van der Waals surface area contributed by atoms with Crippen LogP contribution in [0, 0.1) is 0 Å². The Morgan fingerprint density at radius 2 is 1.75 bits per heavy atom. The lowest BCUT2D eigenvalue weighted by atomic mass is 10.3. The molecule has 4 aromatic rings. The Hall–Kier alpha value is -2.95. The van der Waals surface area contributed by atoms with Gasteiger partial charge < -0.3 is 0 Å². The van der Waals surface area contributed by atoms with Crippen LogP contribution < -0.4 is 0 Å². The number of fused-ring (bicyclic) bond motifs is 1. The van der Waals surface area contributed by atoms with Crippen molar-refractivity contribution in [3.05, 3.63) is 54.1 Å². The average molecular weight is 403 g/mol. The molecule has 0 aliphatic heterocycles. The Balaban J connectivity index is 1.51. The third kappa shape index (κ3) is 3.11. The Bertz CT molecular complexity index is 1150. The normalized spacial score (nSPS) is 14.7. The summed E-state index contributed by atoms with van der Waals surface area (Å²) in [6.45, 7) is 0. The van der Waals surface area contributed by atoms with Crippen LogP contribution in [0.1, 0.15) is 30.4 Å². The summed E-state index contributed by atoms with van der Waals surface area (Å²) in [5, 5.41) is 16.0. The predicted molar refractivity (Wildman–Crippen MR) is 93.2 cm³/mol. The molecule has 1 fully saturated rings. The van der Waals surface area contributed by atoms with Gasteiger partial charge in [0.1, 0.15) is 10.9 Å². The highest BCUT2D eigenvalue weighted by atomic mass is 32.2. The molecule has 0 amide bonds. The molecule has 1 aliphatic rings. The number of aromatic nitrogens is 7. The van der Waals surface area contributed by atoms with Crippen LogP contribution in [0.3, 0.4) is 0 Å². The summed E-state index contributed by atoms with van der Waals surface area (Å²) in [4.78, 5) is 4.59. The van der Waals surface area contributed by atoms with Gasteiger partial charge in [0.2, 0.25) is 5.16 Å². The predicted octanol–water partition coefficient (Wildman–Crippen LogP) is 3.75.